The molecule has 1 aromatic rings. The molecule has 0 bridgehead atoms. The van der Waals surface area contributed by atoms with Gasteiger partial charge in [-0.25, -0.2) is 17.4 Å². The minimum Gasteiger partial charge on any atom is -0.368 e. The molecule has 8 heteroatoms. The first-order valence-corrected chi connectivity index (χ1v) is 9.10. The zero-order valence-electron chi connectivity index (χ0n) is 13.0. The third-order valence-corrected chi connectivity index (χ3v) is 6.26. The molecule has 0 aliphatic carbocycles. The fraction of sp³-hybridized carbons (Fsp3) is 0.846. The lowest BCUT2D eigenvalue weighted by atomic mass is 10.1. The van der Waals surface area contributed by atoms with E-state index in [-0.39, 0.29) is 17.7 Å². The second kappa shape index (κ2) is 6.31. The number of hydrogen-bond acceptors (Lipinski definition) is 5. The fourth-order valence-electron chi connectivity index (χ4n) is 2.66. The summed E-state index contributed by atoms with van der Waals surface area (Å²) in [6, 6.07) is 0.140. The molecule has 0 saturated carbocycles. The maximum absolute atomic E-state index is 12.3. The van der Waals surface area contributed by atoms with Gasteiger partial charge in [-0.3, -0.25) is 0 Å². The van der Waals surface area contributed by atoms with Crippen molar-refractivity contribution in [2.45, 2.75) is 46.1 Å². The van der Waals surface area contributed by atoms with Crippen LogP contribution in [0.3, 0.4) is 0 Å². The molecule has 120 valence electrons. The van der Waals surface area contributed by atoms with E-state index in [9.17, 15) is 8.42 Å². The zero-order valence-corrected chi connectivity index (χ0v) is 13.8. The monoisotopic (exact) mass is 315 g/mol. The first-order valence-electron chi connectivity index (χ1n) is 7.50. The highest BCUT2D eigenvalue weighted by atomic mass is 32.2. The van der Waals surface area contributed by atoms with Crippen molar-refractivity contribution in [2.75, 3.05) is 24.6 Å². The van der Waals surface area contributed by atoms with Gasteiger partial charge in [0.25, 0.3) is 0 Å². The van der Waals surface area contributed by atoms with Gasteiger partial charge in [-0.2, -0.15) is 10.1 Å². The van der Waals surface area contributed by atoms with E-state index in [1.54, 1.807) is 15.9 Å². The summed E-state index contributed by atoms with van der Waals surface area (Å²) in [6.45, 7) is 6.85. The van der Waals surface area contributed by atoms with Gasteiger partial charge in [-0.15, -0.1) is 0 Å². The van der Waals surface area contributed by atoms with Crippen molar-refractivity contribution >= 4 is 16.0 Å². The van der Waals surface area contributed by atoms with Crippen molar-refractivity contribution in [3.05, 3.63) is 5.82 Å². The van der Waals surface area contributed by atoms with Crippen LogP contribution in [0.4, 0.5) is 5.95 Å². The zero-order chi connectivity index (χ0) is 15.6. The van der Waals surface area contributed by atoms with Crippen molar-refractivity contribution in [3.8, 4) is 0 Å². The van der Waals surface area contributed by atoms with Crippen LogP contribution < -0.4 is 5.73 Å². The van der Waals surface area contributed by atoms with E-state index in [1.807, 2.05) is 13.8 Å². The average molecular weight is 315 g/mol. The lowest BCUT2D eigenvalue weighted by Crippen LogP contribution is -2.41. The summed E-state index contributed by atoms with van der Waals surface area (Å²) in [6.07, 6.45) is 2.34. The molecular formula is C13H25N5O2S. The molecule has 2 rings (SSSR count). The highest BCUT2D eigenvalue weighted by Gasteiger charge is 2.30. The average Bonchev–Trinajstić information content (AvgIpc) is 2.77. The van der Waals surface area contributed by atoms with E-state index in [0.29, 0.717) is 24.9 Å². The number of hydrogen-bond donors (Lipinski definition) is 1. The molecule has 0 spiro atoms. The summed E-state index contributed by atoms with van der Waals surface area (Å²) in [4.78, 5) is 4.10. The fourth-order valence-corrected chi connectivity index (χ4v) is 4.60. The summed E-state index contributed by atoms with van der Waals surface area (Å²) < 4.78 is 28.0. The third-order valence-electron chi connectivity index (χ3n) is 4.12. The van der Waals surface area contributed by atoms with Gasteiger partial charge < -0.3 is 5.73 Å². The van der Waals surface area contributed by atoms with E-state index in [4.69, 9.17) is 5.73 Å². The summed E-state index contributed by atoms with van der Waals surface area (Å²) in [7, 11) is -3.15. The molecule has 1 saturated heterocycles. The Bertz CT molecular complexity index is 575. The Labute approximate surface area is 126 Å². The molecule has 1 fully saturated rings. The van der Waals surface area contributed by atoms with Crippen molar-refractivity contribution in [3.63, 3.8) is 0 Å². The maximum atomic E-state index is 12.3. The largest absolute Gasteiger partial charge is 0.368 e. The van der Waals surface area contributed by atoms with Crippen molar-refractivity contribution in [1.82, 2.24) is 19.1 Å². The van der Waals surface area contributed by atoms with Gasteiger partial charge >= 0.3 is 0 Å². The van der Waals surface area contributed by atoms with Crippen molar-refractivity contribution < 1.29 is 8.42 Å². The number of aromatic nitrogens is 3. The van der Waals surface area contributed by atoms with Crippen LogP contribution in [0.15, 0.2) is 0 Å². The molecule has 0 aromatic carbocycles. The Morgan fingerprint density at radius 2 is 2.00 bits per heavy atom. The number of nitrogen functional groups attached to an aromatic ring is 1. The minimum absolute atomic E-state index is 0.140. The van der Waals surface area contributed by atoms with Gasteiger partial charge in [0, 0.05) is 13.1 Å². The van der Waals surface area contributed by atoms with E-state index in [0.717, 1.165) is 19.3 Å². The molecule has 1 aliphatic heterocycles. The van der Waals surface area contributed by atoms with Crippen LogP contribution in [-0.4, -0.2) is 46.3 Å². The van der Waals surface area contributed by atoms with Crippen LogP contribution in [0.1, 0.15) is 45.0 Å². The number of sulfonamides is 1. The number of nitrogens with zero attached hydrogens (tertiary/aromatic N) is 4. The summed E-state index contributed by atoms with van der Waals surface area (Å²) >= 11 is 0. The summed E-state index contributed by atoms with van der Waals surface area (Å²) in [5, 5.41) is 4.30. The normalized spacial score (nSPS) is 19.8. The predicted molar refractivity (Wildman–Crippen MR) is 82.3 cm³/mol. The lowest BCUT2D eigenvalue weighted by Gasteiger charge is -2.32. The number of aryl methyl sites for hydroxylation is 1. The Kier molecular flexibility index (Phi) is 4.88. The number of anilines is 1. The quantitative estimate of drug-likeness (QED) is 0.880. The second-order valence-electron chi connectivity index (χ2n) is 5.88. The molecule has 7 nitrogen and oxygen atoms in total. The van der Waals surface area contributed by atoms with Crippen LogP contribution in [0.2, 0.25) is 0 Å². The van der Waals surface area contributed by atoms with Crippen LogP contribution >= 0.6 is 0 Å². The standard InChI is InChI=1S/C13H25N5O2S/c1-4-10(2)9-21(19,20)17-7-5-12(6-8-17)18-13(14)15-11(3)16-18/h10,12H,4-9H2,1-3H3,(H2,14,15,16). The molecule has 0 amide bonds. The van der Waals surface area contributed by atoms with Gasteiger partial charge in [0.2, 0.25) is 16.0 Å². The third kappa shape index (κ3) is 3.74. The van der Waals surface area contributed by atoms with Crippen LogP contribution in [0, 0.1) is 12.8 Å². The van der Waals surface area contributed by atoms with Gasteiger partial charge in [0.15, 0.2) is 0 Å². The maximum Gasteiger partial charge on any atom is 0.218 e. The molecule has 21 heavy (non-hydrogen) atoms. The van der Waals surface area contributed by atoms with E-state index in [2.05, 4.69) is 10.1 Å². The SMILES string of the molecule is CCC(C)CS(=O)(=O)N1CCC(n2nc(C)nc2N)CC1. The Balaban J connectivity index is 1.98. The summed E-state index contributed by atoms with van der Waals surface area (Å²) in [5.41, 5.74) is 5.83. The molecule has 1 aliphatic rings. The molecule has 0 radical (unpaired) electrons. The predicted octanol–water partition coefficient (Wildman–Crippen LogP) is 1.18. The minimum atomic E-state index is -3.15. The molecular weight excluding hydrogens is 290 g/mol. The Morgan fingerprint density at radius 3 is 2.48 bits per heavy atom. The molecule has 1 unspecified atom stereocenters. The smallest absolute Gasteiger partial charge is 0.218 e. The topological polar surface area (TPSA) is 94.1 Å². The summed E-state index contributed by atoms with van der Waals surface area (Å²) in [5.74, 6) is 1.49. The van der Waals surface area contributed by atoms with Crippen molar-refractivity contribution in [2.24, 2.45) is 5.92 Å². The molecule has 2 heterocycles. The van der Waals surface area contributed by atoms with E-state index < -0.39 is 10.0 Å². The van der Waals surface area contributed by atoms with E-state index >= 15 is 0 Å². The van der Waals surface area contributed by atoms with Gasteiger partial charge in [0.1, 0.15) is 5.82 Å². The van der Waals surface area contributed by atoms with E-state index in [1.165, 1.54) is 0 Å². The van der Waals surface area contributed by atoms with Gasteiger partial charge in [-0.1, -0.05) is 20.3 Å². The lowest BCUT2D eigenvalue weighted by molar-refractivity contribution is 0.261. The Hall–Kier alpha value is -1.15. The Morgan fingerprint density at radius 1 is 1.38 bits per heavy atom. The van der Waals surface area contributed by atoms with Crippen LogP contribution in [0.25, 0.3) is 0 Å². The first-order chi connectivity index (χ1) is 9.83. The number of nitrogens with two attached hydrogens (primary N) is 1. The molecule has 1 atom stereocenters. The highest BCUT2D eigenvalue weighted by Crippen LogP contribution is 2.26. The second-order valence-corrected chi connectivity index (χ2v) is 7.90. The van der Waals surface area contributed by atoms with Crippen LogP contribution in [-0.2, 0) is 10.0 Å². The van der Waals surface area contributed by atoms with Crippen molar-refractivity contribution in [1.29, 1.82) is 0 Å². The van der Waals surface area contributed by atoms with Gasteiger partial charge in [-0.05, 0) is 25.7 Å². The molecule has 1 aromatic heterocycles. The molecule has 2 N–H and O–H groups in total. The van der Waals surface area contributed by atoms with Gasteiger partial charge in [0.05, 0.1) is 11.8 Å². The number of piperidine rings is 1. The first kappa shape index (κ1) is 16.2. The number of rotatable bonds is 5. The highest BCUT2D eigenvalue weighted by molar-refractivity contribution is 7.89. The van der Waals surface area contributed by atoms with Crippen LogP contribution in [0.5, 0.6) is 0 Å².